The van der Waals surface area contributed by atoms with Gasteiger partial charge in [-0.3, -0.25) is 19.2 Å². The largest absolute Gasteiger partial charge is 0.340 e. The summed E-state index contributed by atoms with van der Waals surface area (Å²) in [5.41, 5.74) is 12.4. The second-order valence-corrected chi connectivity index (χ2v) is 17.2. The van der Waals surface area contributed by atoms with Gasteiger partial charge < -0.3 is 25.8 Å². The molecule has 3 amide bonds. The number of nitrogens with zero attached hydrogens (tertiary/aromatic N) is 3. The van der Waals surface area contributed by atoms with Gasteiger partial charge in [0.1, 0.15) is 0 Å². The number of nitrogens with two attached hydrogens (primary N) is 1. The summed E-state index contributed by atoms with van der Waals surface area (Å²) in [5.74, 6) is -1.03. The first kappa shape index (κ1) is 49.7. The van der Waals surface area contributed by atoms with Crippen molar-refractivity contribution in [2.45, 2.75) is 56.8 Å². The number of Topliss-reactive ketones (excluding diaryl/α,β-unsaturated/α-hetero) is 1. The van der Waals surface area contributed by atoms with E-state index in [9.17, 15) is 19.2 Å². The van der Waals surface area contributed by atoms with Gasteiger partial charge in [0, 0.05) is 63.3 Å². The maximum Gasteiger partial charge on any atom is 0.242 e. The van der Waals surface area contributed by atoms with E-state index in [-0.39, 0.29) is 80.4 Å². The zero-order valence-corrected chi connectivity index (χ0v) is 39.0. The first-order valence-electron chi connectivity index (χ1n) is 23.9. The van der Waals surface area contributed by atoms with Crippen LogP contribution in [0.25, 0.3) is 0 Å². The lowest BCUT2D eigenvalue weighted by Crippen LogP contribution is -2.48. The lowest BCUT2D eigenvalue weighted by Gasteiger charge is -2.32. The Hall–Kier alpha value is -6.68. The van der Waals surface area contributed by atoms with E-state index < -0.39 is 0 Å². The second kappa shape index (κ2) is 27.1. The van der Waals surface area contributed by atoms with Crippen LogP contribution in [0.4, 0.5) is 0 Å². The van der Waals surface area contributed by atoms with E-state index in [1.54, 1.807) is 14.7 Å². The molecule has 0 aliphatic carbocycles. The molecule has 0 fully saturated rings. The van der Waals surface area contributed by atoms with E-state index >= 15 is 0 Å². The van der Waals surface area contributed by atoms with E-state index in [2.05, 4.69) is 85.0 Å². The van der Waals surface area contributed by atoms with Gasteiger partial charge in [-0.1, -0.05) is 195 Å². The lowest BCUT2D eigenvalue weighted by atomic mass is 9.90. The molecule has 9 heteroatoms. The number of unbranched alkanes of at least 4 members (excludes halogenated alkanes) is 1. The van der Waals surface area contributed by atoms with Crippen LogP contribution in [0.1, 0.15) is 90.2 Å². The molecule has 0 bridgehead atoms. The average Bonchev–Trinajstić information content (AvgIpc) is 3.38. The van der Waals surface area contributed by atoms with Gasteiger partial charge in [0.25, 0.3) is 0 Å². The number of carbonyl (C=O) groups excluding carboxylic acids is 4. The number of ketones is 1. The van der Waals surface area contributed by atoms with Crippen LogP contribution >= 0.6 is 0 Å². The van der Waals surface area contributed by atoms with Crippen LogP contribution in [0.5, 0.6) is 0 Å². The zero-order chi connectivity index (χ0) is 47.1. The van der Waals surface area contributed by atoms with E-state index in [4.69, 9.17) is 5.73 Å². The quantitative estimate of drug-likeness (QED) is 0.0534. The number of rotatable bonds is 27. The fourth-order valence-corrected chi connectivity index (χ4v) is 8.69. The van der Waals surface area contributed by atoms with Gasteiger partial charge in [0.15, 0.2) is 5.78 Å². The summed E-state index contributed by atoms with van der Waals surface area (Å²) in [4.78, 5) is 62.3. The van der Waals surface area contributed by atoms with Crippen LogP contribution in [-0.2, 0) is 19.2 Å². The maximum absolute atomic E-state index is 14.9. The van der Waals surface area contributed by atoms with Crippen molar-refractivity contribution in [3.8, 4) is 0 Å². The molecule has 0 saturated carbocycles. The number of carbonyl (C=O) groups is 4. The van der Waals surface area contributed by atoms with Gasteiger partial charge in [0.2, 0.25) is 17.7 Å². The van der Waals surface area contributed by atoms with E-state index in [0.717, 1.165) is 46.2 Å². The molecule has 67 heavy (non-hydrogen) atoms. The highest BCUT2D eigenvalue weighted by molar-refractivity contribution is 5.88. The number of amides is 3. The third-order valence-electron chi connectivity index (χ3n) is 12.4. The molecule has 0 heterocycles. The molecule has 0 atom stereocenters. The van der Waals surface area contributed by atoms with Gasteiger partial charge >= 0.3 is 0 Å². The molecule has 348 valence electrons. The zero-order valence-electron chi connectivity index (χ0n) is 39.0. The summed E-state index contributed by atoms with van der Waals surface area (Å²) < 4.78 is 0. The molecule has 0 radical (unpaired) electrons. The first-order valence-corrected chi connectivity index (χ1v) is 23.9. The smallest absolute Gasteiger partial charge is 0.242 e. The number of hydrogen-bond acceptors (Lipinski definition) is 6. The predicted octanol–water partition coefficient (Wildman–Crippen LogP) is 9.06. The highest BCUT2D eigenvalue weighted by atomic mass is 16.2. The van der Waals surface area contributed by atoms with Gasteiger partial charge in [-0.05, 0) is 52.8 Å². The Morgan fingerprint density at radius 1 is 0.448 bits per heavy atom. The van der Waals surface area contributed by atoms with E-state index in [1.165, 1.54) is 0 Å². The fraction of sp³-hybridized carbons (Fsp3) is 0.310. The van der Waals surface area contributed by atoms with E-state index in [1.807, 2.05) is 109 Å². The molecule has 6 aromatic rings. The highest BCUT2D eigenvalue weighted by Gasteiger charge is 2.29. The molecule has 6 rings (SSSR count). The molecule has 9 nitrogen and oxygen atoms in total. The molecule has 0 aromatic heterocycles. The van der Waals surface area contributed by atoms with Crippen molar-refractivity contribution in [1.29, 1.82) is 0 Å². The lowest BCUT2D eigenvalue weighted by molar-refractivity contribution is -0.141. The third kappa shape index (κ3) is 15.4. The van der Waals surface area contributed by atoms with Gasteiger partial charge in [-0.25, -0.2) is 0 Å². The van der Waals surface area contributed by atoms with Crippen molar-refractivity contribution >= 4 is 23.5 Å². The Morgan fingerprint density at radius 3 is 1.25 bits per heavy atom. The van der Waals surface area contributed by atoms with Gasteiger partial charge in [-0.2, -0.15) is 0 Å². The average molecular weight is 898 g/mol. The summed E-state index contributed by atoms with van der Waals surface area (Å²) in [6.45, 7) is 3.78. The van der Waals surface area contributed by atoms with Crippen molar-refractivity contribution in [3.05, 3.63) is 215 Å². The van der Waals surface area contributed by atoms with Crippen LogP contribution < -0.4 is 11.1 Å². The molecule has 6 aromatic carbocycles. The Morgan fingerprint density at radius 2 is 0.851 bits per heavy atom. The standard InChI is InChI=1S/C58H67N5O4/c1-2-3-35-52(64)42-63(44-55(50-31-18-8-19-32-50)51-33-20-9-21-34-51)56(65)36-39-62(43-54(48-27-14-6-15-28-48)49-29-16-7-17-30-49)58(67)45-61(38-22-37-59)57(66)41-60-40-53(46-23-10-4-11-24-46)47-25-12-5-13-26-47/h4-21,23-34,53-55,60H,2-3,22,35-45,59H2,1H3. The highest BCUT2D eigenvalue weighted by Crippen LogP contribution is 2.29. The SMILES string of the molecule is CCCCC(=O)CN(CC(c1ccccc1)c1ccccc1)C(=O)CCN(CC(c1ccccc1)c1ccccc1)C(=O)CN(CCCN)C(=O)CNCC(c1ccccc1)c1ccccc1. The predicted molar refractivity (Wildman–Crippen MR) is 270 cm³/mol. The van der Waals surface area contributed by atoms with Crippen molar-refractivity contribution in [3.63, 3.8) is 0 Å². The molecular weight excluding hydrogens is 831 g/mol. The minimum absolute atomic E-state index is 0.00193. The Bertz CT molecular complexity index is 2250. The fourth-order valence-electron chi connectivity index (χ4n) is 8.69. The molecule has 0 spiro atoms. The normalized spacial score (nSPS) is 11.2. The second-order valence-electron chi connectivity index (χ2n) is 17.2. The molecule has 3 N–H and O–H groups in total. The van der Waals surface area contributed by atoms with Crippen LogP contribution in [0, 0.1) is 0 Å². The van der Waals surface area contributed by atoms with Gasteiger partial charge in [-0.15, -0.1) is 0 Å². The monoisotopic (exact) mass is 898 g/mol. The summed E-state index contributed by atoms with van der Waals surface area (Å²) in [5, 5.41) is 3.41. The number of nitrogens with one attached hydrogen (secondary N) is 1. The molecule has 0 unspecified atom stereocenters. The van der Waals surface area contributed by atoms with Crippen LogP contribution in [0.3, 0.4) is 0 Å². The van der Waals surface area contributed by atoms with Crippen molar-refractivity contribution in [2.75, 3.05) is 58.9 Å². The van der Waals surface area contributed by atoms with Crippen molar-refractivity contribution < 1.29 is 19.2 Å². The number of hydrogen-bond donors (Lipinski definition) is 2. The summed E-state index contributed by atoms with van der Waals surface area (Å²) in [7, 11) is 0. The van der Waals surface area contributed by atoms with Crippen LogP contribution in [0.2, 0.25) is 0 Å². The first-order chi connectivity index (χ1) is 32.8. The maximum atomic E-state index is 14.9. The van der Waals surface area contributed by atoms with Crippen LogP contribution in [0.15, 0.2) is 182 Å². The minimum Gasteiger partial charge on any atom is -0.340 e. The summed E-state index contributed by atoms with van der Waals surface area (Å²) >= 11 is 0. The van der Waals surface area contributed by atoms with Crippen LogP contribution in [-0.4, -0.2) is 97.1 Å². The summed E-state index contributed by atoms with van der Waals surface area (Å²) in [6.07, 6.45) is 2.54. The Balaban J connectivity index is 1.25. The Labute approximate surface area is 398 Å². The molecule has 0 aliphatic rings. The van der Waals surface area contributed by atoms with Crippen molar-refractivity contribution in [2.24, 2.45) is 5.73 Å². The topological polar surface area (TPSA) is 116 Å². The Kier molecular flexibility index (Phi) is 20.1. The number of benzene rings is 6. The summed E-state index contributed by atoms with van der Waals surface area (Å²) in [6, 6.07) is 60.8. The molecular formula is C58H67N5O4. The van der Waals surface area contributed by atoms with Crippen molar-refractivity contribution in [1.82, 2.24) is 20.0 Å². The third-order valence-corrected chi connectivity index (χ3v) is 12.4. The van der Waals surface area contributed by atoms with E-state index in [0.29, 0.717) is 39.0 Å². The van der Waals surface area contributed by atoms with Gasteiger partial charge in [0.05, 0.1) is 19.6 Å². The minimum atomic E-state index is -0.265. The molecule has 0 saturated heterocycles. The molecule has 0 aliphatic heterocycles.